The van der Waals surface area contributed by atoms with Crippen LogP contribution < -0.4 is 11.4 Å². The molecule has 1 saturated heterocycles. The van der Waals surface area contributed by atoms with Crippen LogP contribution in [0.5, 0.6) is 0 Å². The number of nitrogens with zero attached hydrogens (tertiary/aromatic N) is 2. The molecule has 1 aliphatic rings. The molecule has 110 valence electrons. The van der Waals surface area contributed by atoms with E-state index < -0.39 is 36.7 Å². The van der Waals surface area contributed by atoms with Crippen LogP contribution in [0, 0.1) is 0 Å². The van der Waals surface area contributed by atoms with Gasteiger partial charge in [0.2, 0.25) is 0 Å². The number of nitrogens with two attached hydrogens (primary N) is 1. The van der Waals surface area contributed by atoms with Gasteiger partial charge >= 0.3 is 5.69 Å². The first-order valence-electron chi connectivity index (χ1n) is 6.10. The normalized spacial score (nSPS) is 32.1. The van der Waals surface area contributed by atoms with Crippen molar-refractivity contribution in [3.63, 3.8) is 0 Å². The van der Waals surface area contributed by atoms with E-state index >= 15 is 0 Å². The summed E-state index contributed by atoms with van der Waals surface area (Å²) in [6, 6.07) is 0.213. The quantitative estimate of drug-likeness (QED) is 0.666. The van der Waals surface area contributed by atoms with E-state index in [2.05, 4.69) is 4.98 Å². The average Bonchev–Trinajstić information content (AvgIpc) is 2.42. The van der Waals surface area contributed by atoms with Crippen LogP contribution in [-0.4, -0.2) is 44.8 Å². The lowest BCUT2D eigenvalue weighted by Crippen LogP contribution is -2.50. The molecular formula is C12H16FN3O4. The lowest BCUT2D eigenvalue weighted by molar-refractivity contribution is -0.117. The van der Waals surface area contributed by atoms with E-state index in [1.807, 2.05) is 0 Å². The van der Waals surface area contributed by atoms with Gasteiger partial charge < -0.3 is 20.7 Å². The number of anilines is 1. The molecule has 7 nitrogen and oxygen atoms in total. The van der Waals surface area contributed by atoms with E-state index in [4.69, 9.17) is 15.6 Å². The molecule has 4 N–H and O–H groups in total. The molecule has 0 spiro atoms. The van der Waals surface area contributed by atoms with Crippen LogP contribution in [-0.2, 0) is 4.74 Å². The molecule has 2 rings (SSSR count). The Kier molecular flexibility index (Phi) is 4.05. The third-order valence-electron chi connectivity index (χ3n) is 3.20. The van der Waals surface area contributed by atoms with Gasteiger partial charge in [0.15, 0.2) is 6.17 Å². The summed E-state index contributed by atoms with van der Waals surface area (Å²) in [5.74, 6) is 0.171. The zero-order chi connectivity index (χ0) is 14.9. The summed E-state index contributed by atoms with van der Waals surface area (Å²) in [7, 11) is 0. The van der Waals surface area contributed by atoms with Crippen molar-refractivity contribution in [2.24, 2.45) is 0 Å². The van der Waals surface area contributed by atoms with Crippen molar-refractivity contribution in [3.05, 3.63) is 34.6 Å². The second kappa shape index (κ2) is 5.59. The summed E-state index contributed by atoms with van der Waals surface area (Å²) in [6.45, 7) is 1.08. The fraction of sp³-hybridized carbons (Fsp3) is 0.500. The molecule has 4 atom stereocenters. The highest BCUT2D eigenvalue weighted by molar-refractivity contribution is 5.24. The molecule has 1 fully saturated rings. The van der Waals surface area contributed by atoms with Gasteiger partial charge in [-0.15, -0.1) is 0 Å². The van der Waals surface area contributed by atoms with Crippen molar-refractivity contribution in [2.45, 2.75) is 31.3 Å². The van der Waals surface area contributed by atoms with Gasteiger partial charge in [0, 0.05) is 6.20 Å². The molecule has 8 heteroatoms. The second-order valence-electron chi connectivity index (χ2n) is 4.45. The Labute approximate surface area is 114 Å². The first-order chi connectivity index (χ1) is 9.49. The minimum atomic E-state index is -1.81. The number of halogens is 1. The lowest BCUT2D eigenvalue weighted by atomic mass is 9.96. The predicted octanol–water partition coefficient (Wildman–Crippen LogP) is -0.639. The van der Waals surface area contributed by atoms with Crippen molar-refractivity contribution in [1.82, 2.24) is 9.55 Å². The Bertz CT molecular complexity index is 574. The molecule has 20 heavy (non-hydrogen) atoms. The Morgan fingerprint density at radius 3 is 2.90 bits per heavy atom. The highest BCUT2D eigenvalue weighted by Crippen LogP contribution is 2.34. The number of allylic oxidation sites excluding steroid dienone is 2. The second-order valence-corrected chi connectivity index (χ2v) is 4.45. The van der Waals surface area contributed by atoms with E-state index in [0.717, 1.165) is 4.57 Å². The lowest BCUT2D eigenvalue weighted by Gasteiger charge is -2.38. The van der Waals surface area contributed by atoms with Crippen LogP contribution in [0.2, 0.25) is 0 Å². The number of alkyl halides is 1. The predicted molar refractivity (Wildman–Crippen MR) is 68.6 cm³/mol. The summed E-state index contributed by atoms with van der Waals surface area (Å²) in [4.78, 5) is 15.3. The molecule has 0 aliphatic carbocycles. The first-order valence-corrected chi connectivity index (χ1v) is 6.10. The Hall–Kier alpha value is -1.93. The number of hydrogen-bond donors (Lipinski definition) is 3. The Balaban J connectivity index is 2.45. The molecule has 0 amide bonds. The van der Waals surface area contributed by atoms with E-state index in [0.29, 0.717) is 0 Å². The maximum absolute atomic E-state index is 14.4. The number of rotatable bonds is 2. The van der Waals surface area contributed by atoms with Gasteiger partial charge in [-0.25, -0.2) is 9.18 Å². The van der Waals surface area contributed by atoms with E-state index in [1.54, 1.807) is 6.92 Å². The summed E-state index contributed by atoms with van der Waals surface area (Å²) >= 11 is 0. The summed E-state index contributed by atoms with van der Waals surface area (Å²) < 4.78 is 20.7. The van der Waals surface area contributed by atoms with Crippen molar-refractivity contribution >= 4 is 5.82 Å². The number of nitrogen functional groups attached to an aromatic ring is 1. The first kappa shape index (κ1) is 14.5. The molecule has 0 bridgehead atoms. The minimum absolute atomic E-state index is 0.0224. The molecule has 0 aromatic carbocycles. The molecule has 1 aromatic heterocycles. The molecule has 0 radical (unpaired) electrons. The summed E-state index contributed by atoms with van der Waals surface area (Å²) in [5, 5.41) is 18.8. The van der Waals surface area contributed by atoms with Gasteiger partial charge in [0.25, 0.3) is 0 Å². The van der Waals surface area contributed by atoms with Gasteiger partial charge in [0.1, 0.15) is 29.8 Å². The van der Waals surface area contributed by atoms with Gasteiger partial charge in [-0.3, -0.25) is 4.57 Å². The van der Waals surface area contributed by atoms with Crippen molar-refractivity contribution in [2.75, 3.05) is 12.3 Å². The van der Waals surface area contributed by atoms with Gasteiger partial charge in [-0.1, -0.05) is 0 Å². The SMILES string of the molecule is C/C=C1/OC(CO)C(O)C(F)C1n1ccc(N)nc1=O. The molecule has 2 heterocycles. The molecule has 4 unspecified atom stereocenters. The smallest absolute Gasteiger partial charge is 0.350 e. The maximum Gasteiger partial charge on any atom is 0.350 e. The van der Waals surface area contributed by atoms with Crippen molar-refractivity contribution < 1.29 is 19.3 Å². The Morgan fingerprint density at radius 2 is 2.35 bits per heavy atom. The third-order valence-corrected chi connectivity index (χ3v) is 3.20. The van der Waals surface area contributed by atoms with Crippen LogP contribution in [0.3, 0.4) is 0 Å². The highest BCUT2D eigenvalue weighted by atomic mass is 19.1. The average molecular weight is 285 g/mol. The summed E-state index contributed by atoms with van der Waals surface area (Å²) in [6.07, 6.45) is -1.65. The van der Waals surface area contributed by atoms with Crippen molar-refractivity contribution in [1.29, 1.82) is 0 Å². The Morgan fingerprint density at radius 1 is 1.65 bits per heavy atom. The monoisotopic (exact) mass is 285 g/mol. The van der Waals surface area contributed by atoms with Crippen LogP contribution in [0.1, 0.15) is 13.0 Å². The van der Waals surface area contributed by atoms with Crippen LogP contribution in [0.4, 0.5) is 10.2 Å². The molecule has 1 aliphatic heterocycles. The van der Waals surface area contributed by atoms with Crippen LogP contribution in [0.15, 0.2) is 28.9 Å². The minimum Gasteiger partial charge on any atom is -0.488 e. The largest absolute Gasteiger partial charge is 0.488 e. The number of aliphatic hydroxyl groups excluding tert-OH is 2. The fourth-order valence-corrected chi connectivity index (χ4v) is 2.18. The highest BCUT2D eigenvalue weighted by Gasteiger charge is 2.44. The van der Waals surface area contributed by atoms with Gasteiger partial charge in [0.05, 0.1) is 6.61 Å². The zero-order valence-corrected chi connectivity index (χ0v) is 10.8. The third kappa shape index (κ3) is 2.39. The van der Waals surface area contributed by atoms with E-state index in [1.165, 1.54) is 18.3 Å². The number of aromatic nitrogens is 2. The molecule has 0 saturated carbocycles. The number of ether oxygens (including phenoxy) is 1. The van der Waals surface area contributed by atoms with Crippen molar-refractivity contribution in [3.8, 4) is 0 Å². The summed E-state index contributed by atoms with van der Waals surface area (Å²) in [5.41, 5.74) is 4.64. The maximum atomic E-state index is 14.4. The van der Waals surface area contributed by atoms with Gasteiger partial charge in [-0.2, -0.15) is 4.98 Å². The van der Waals surface area contributed by atoms with Crippen LogP contribution in [0.25, 0.3) is 0 Å². The van der Waals surface area contributed by atoms with E-state index in [-0.39, 0.29) is 11.6 Å². The number of hydrogen-bond acceptors (Lipinski definition) is 6. The fourth-order valence-electron chi connectivity index (χ4n) is 2.18. The standard InChI is InChI=1S/C12H16FN3O4/c1-2-6-10(9(13)11(18)7(5-17)20-6)16-4-3-8(14)15-12(16)19/h2-4,7,9-11,17-18H,5H2,1H3,(H2,14,15,19)/b6-2+. The topological polar surface area (TPSA) is 111 Å². The van der Waals surface area contributed by atoms with E-state index in [9.17, 15) is 14.3 Å². The van der Waals surface area contributed by atoms with Crippen LogP contribution >= 0.6 is 0 Å². The molecule has 1 aromatic rings. The zero-order valence-electron chi connectivity index (χ0n) is 10.8. The molecular weight excluding hydrogens is 269 g/mol. The number of aliphatic hydroxyl groups is 2. The van der Waals surface area contributed by atoms with Gasteiger partial charge in [-0.05, 0) is 19.1 Å².